The van der Waals surface area contributed by atoms with Gasteiger partial charge in [-0.25, -0.2) is 0 Å². The van der Waals surface area contributed by atoms with Gasteiger partial charge in [0.1, 0.15) is 17.5 Å². The lowest BCUT2D eigenvalue weighted by atomic mass is 10.2. The summed E-state index contributed by atoms with van der Waals surface area (Å²) in [5.41, 5.74) is 1.55. The molecule has 0 fully saturated rings. The number of rotatable bonds is 7. The summed E-state index contributed by atoms with van der Waals surface area (Å²) >= 11 is 0. The van der Waals surface area contributed by atoms with E-state index in [4.69, 9.17) is 0 Å². The van der Waals surface area contributed by atoms with E-state index in [0.29, 0.717) is 0 Å². The molecule has 0 unspecified atom stereocenters. The van der Waals surface area contributed by atoms with Crippen LogP contribution in [0.5, 0.6) is 0 Å². The van der Waals surface area contributed by atoms with E-state index in [1.165, 1.54) is 12.8 Å². The summed E-state index contributed by atoms with van der Waals surface area (Å²) in [5, 5.41) is 13.7. The van der Waals surface area contributed by atoms with E-state index >= 15 is 0 Å². The maximum atomic E-state index is 9.28. The first kappa shape index (κ1) is 14.6. The number of hydrogen-bond donors (Lipinski definition) is 0. The molecule has 0 saturated carbocycles. The standard InChI is InChI=1S/C14H24N4/c1-5-7-9-18(10-8-6-2)14-13(11-15)12(3)16-17(14)4/h5-10H2,1-4H3. The second-order valence-corrected chi connectivity index (χ2v) is 4.71. The molecule has 0 radical (unpaired) electrons. The highest BCUT2D eigenvalue weighted by molar-refractivity contribution is 5.56. The Labute approximate surface area is 110 Å². The summed E-state index contributed by atoms with van der Waals surface area (Å²) in [5.74, 6) is 0.983. The van der Waals surface area contributed by atoms with Crippen LogP contribution in [0.15, 0.2) is 0 Å². The molecule has 1 heterocycles. The molecule has 4 heteroatoms. The minimum Gasteiger partial charge on any atom is -0.356 e. The fourth-order valence-electron chi connectivity index (χ4n) is 2.16. The first-order chi connectivity index (χ1) is 8.65. The maximum Gasteiger partial charge on any atom is 0.144 e. The lowest BCUT2D eigenvalue weighted by Gasteiger charge is -2.24. The van der Waals surface area contributed by atoms with Gasteiger partial charge in [0.15, 0.2) is 0 Å². The van der Waals surface area contributed by atoms with Crippen LogP contribution in [0.2, 0.25) is 0 Å². The van der Waals surface area contributed by atoms with E-state index in [2.05, 4.69) is 29.9 Å². The van der Waals surface area contributed by atoms with Gasteiger partial charge in [-0.1, -0.05) is 26.7 Å². The molecule has 4 nitrogen and oxygen atoms in total. The number of hydrogen-bond acceptors (Lipinski definition) is 3. The smallest absolute Gasteiger partial charge is 0.144 e. The van der Waals surface area contributed by atoms with Crippen LogP contribution in [0.25, 0.3) is 0 Å². The van der Waals surface area contributed by atoms with Gasteiger partial charge in [0.25, 0.3) is 0 Å². The van der Waals surface area contributed by atoms with E-state index < -0.39 is 0 Å². The Bertz CT molecular complexity index is 406. The molecule has 0 aliphatic carbocycles. The quantitative estimate of drug-likeness (QED) is 0.745. The fourth-order valence-corrected chi connectivity index (χ4v) is 2.16. The zero-order chi connectivity index (χ0) is 13.5. The Morgan fingerprint density at radius 2 is 1.78 bits per heavy atom. The first-order valence-corrected chi connectivity index (χ1v) is 6.84. The summed E-state index contributed by atoms with van der Waals surface area (Å²) < 4.78 is 1.85. The molecule has 1 aromatic heterocycles. The molecule has 0 aromatic carbocycles. The van der Waals surface area contributed by atoms with E-state index in [-0.39, 0.29) is 0 Å². The predicted molar refractivity (Wildman–Crippen MR) is 74.7 cm³/mol. The van der Waals surface area contributed by atoms with Gasteiger partial charge in [-0.05, 0) is 19.8 Å². The molecule has 0 bridgehead atoms. The summed E-state index contributed by atoms with van der Waals surface area (Å²) in [6.07, 6.45) is 4.64. The van der Waals surface area contributed by atoms with Gasteiger partial charge in [-0.3, -0.25) is 4.68 Å². The first-order valence-electron chi connectivity index (χ1n) is 6.84. The summed E-state index contributed by atoms with van der Waals surface area (Å²) in [4.78, 5) is 2.31. The lowest BCUT2D eigenvalue weighted by Crippen LogP contribution is -2.28. The van der Waals surface area contributed by atoms with Crippen LogP contribution in [-0.4, -0.2) is 22.9 Å². The van der Waals surface area contributed by atoms with E-state index in [1.54, 1.807) is 0 Å². The van der Waals surface area contributed by atoms with E-state index in [0.717, 1.165) is 43.0 Å². The molecule has 0 spiro atoms. The minimum atomic E-state index is 0.727. The molecule has 18 heavy (non-hydrogen) atoms. The number of aromatic nitrogens is 2. The van der Waals surface area contributed by atoms with Gasteiger partial charge < -0.3 is 4.90 Å². The highest BCUT2D eigenvalue weighted by Gasteiger charge is 2.18. The number of anilines is 1. The van der Waals surface area contributed by atoms with Crippen molar-refractivity contribution in [2.45, 2.75) is 46.5 Å². The minimum absolute atomic E-state index is 0.727. The van der Waals surface area contributed by atoms with Crippen molar-refractivity contribution >= 4 is 5.82 Å². The van der Waals surface area contributed by atoms with Crippen LogP contribution in [0.3, 0.4) is 0 Å². The van der Waals surface area contributed by atoms with Crippen molar-refractivity contribution in [3.05, 3.63) is 11.3 Å². The maximum absolute atomic E-state index is 9.28. The van der Waals surface area contributed by atoms with Crippen LogP contribution in [-0.2, 0) is 7.05 Å². The average molecular weight is 248 g/mol. The third-order valence-corrected chi connectivity index (χ3v) is 3.17. The van der Waals surface area contributed by atoms with Crippen molar-refractivity contribution in [3.63, 3.8) is 0 Å². The largest absolute Gasteiger partial charge is 0.356 e. The van der Waals surface area contributed by atoms with Crippen molar-refractivity contribution in [1.82, 2.24) is 9.78 Å². The lowest BCUT2D eigenvalue weighted by molar-refractivity contribution is 0.642. The fraction of sp³-hybridized carbons (Fsp3) is 0.714. The van der Waals surface area contributed by atoms with Crippen LogP contribution in [0.1, 0.15) is 50.8 Å². The summed E-state index contributed by atoms with van der Waals surface area (Å²) in [7, 11) is 1.92. The second-order valence-electron chi connectivity index (χ2n) is 4.71. The molecule has 0 N–H and O–H groups in total. The molecule has 0 amide bonds. The predicted octanol–water partition coefficient (Wildman–Crippen LogP) is 3.01. The van der Waals surface area contributed by atoms with Crippen molar-refractivity contribution in [2.24, 2.45) is 7.05 Å². The molecule has 100 valence electrons. The van der Waals surface area contributed by atoms with Crippen LogP contribution >= 0.6 is 0 Å². The van der Waals surface area contributed by atoms with Crippen molar-refractivity contribution in [3.8, 4) is 6.07 Å². The summed E-state index contributed by atoms with van der Waals surface area (Å²) in [6.45, 7) is 8.30. The average Bonchev–Trinajstić information content (AvgIpc) is 2.64. The number of nitrogens with zero attached hydrogens (tertiary/aromatic N) is 4. The van der Waals surface area contributed by atoms with Crippen LogP contribution in [0.4, 0.5) is 5.82 Å². The molecule has 0 aliphatic rings. The normalized spacial score (nSPS) is 10.4. The zero-order valence-corrected chi connectivity index (χ0v) is 12.0. The van der Waals surface area contributed by atoms with Crippen molar-refractivity contribution in [1.29, 1.82) is 5.26 Å². The van der Waals surface area contributed by atoms with E-state index in [9.17, 15) is 5.26 Å². The van der Waals surface area contributed by atoms with Gasteiger partial charge in [-0.2, -0.15) is 10.4 Å². The SMILES string of the molecule is CCCCN(CCCC)c1c(C#N)c(C)nn1C. The molecular weight excluding hydrogens is 224 g/mol. The number of aryl methyl sites for hydroxylation is 2. The molecule has 1 rings (SSSR count). The zero-order valence-electron chi connectivity index (χ0n) is 12.0. The Hall–Kier alpha value is -1.50. The van der Waals surface area contributed by atoms with Gasteiger partial charge in [0.05, 0.1) is 5.69 Å². The molecule has 0 atom stereocenters. The van der Waals surface area contributed by atoms with Gasteiger partial charge in [-0.15, -0.1) is 0 Å². The van der Waals surface area contributed by atoms with Gasteiger partial charge >= 0.3 is 0 Å². The molecule has 1 aromatic rings. The monoisotopic (exact) mass is 248 g/mol. The third kappa shape index (κ3) is 3.25. The molecule has 0 aliphatic heterocycles. The van der Waals surface area contributed by atoms with Crippen molar-refractivity contribution in [2.75, 3.05) is 18.0 Å². The highest BCUT2D eigenvalue weighted by Crippen LogP contribution is 2.23. The highest BCUT2D eigenvalue weighted by atomic mass is 15.4. The van der Waals surface area contributed by atoms with Crippen LogP contribution in [0, 0.1) is 18.3 Å². The Balaban J connectivity index is 3.00. The second kappa shape index (κ2) is 7.05. The topological polar surface area (TPSA) is 44.9 Å². The number of nitriles is 1. The molecular formula is C14H24N4. The number of unbranched alkanes of at least 4 members (excludes halogenated alkanes) is 2. The van der Waals surface area contributed by atoms with Crippen molar-refractivity contribution < 1.29 is 0 Å². The third-order valence-electron chi connectivity index (χ3n) is 3.17. The summed E-state index contributed by atoms with van der Waals surface area (Å²) in [6, 6.07) is 2.29. The van der Waals surface area contributed by atoms with Gasteiger partial charge in [0.2, 0.25) is 0 Å². The Morgan fingerprint density at radius 3 is 2.22 bits per heavy atom. The molecule has 0 saturated heterocycles. The Kier molecular flexibility index (Phi) is 5.70. The van der Waals surface area contributed by atoms with Gasteiger partial charge in [0, 0.05) is 20.1 Å². The van der Waals surface area contributed by atoms with Crippen LogP contribution < -0.4 is 4.90 Å². The Morgan fingerprint density at radius 1 is 1.22 bits per heavy atom. The van der Waals surface area contributed by atoms with E-state index in [1.807, 2.05) is 18.7 Å².